The van der Waals surface area contributed by atoms with Gasteiger partial charge in [0.05, 0.1) is 11.2 Å². The minimum Gasteiger partial charge on any atom is -0.368 e. The predicted octanol–water partition coefficient (Wildman–Crippen LogP) is 4.02. The molecule has 1 heteroatoms. The third kappa shape index (κ3) is 1.27. The van der Waals surface area contributed by atoms with E-state index in [-0.39, 0.29) is 11.2 Å². The van der Waals surface area contributed by atoms with Crippen molar-refractivity contribution in [2.75, 3.05) is 0 Å². The molecule has 0 aromatic rings. The molecule has 0 aromatic carbocycles. The van der Waals surface area contributed by atoms with Crippen LogP contribution in [0.3, 0.4) is 0 Å². The van der Waals surface area contributed by atoms with Gasteiger partial charge in [0.15, 0.2) is 0 Å². The molecule has 5 atom stereocenters. The van der Waals surface area contributed by atoms with Crippen molar-refractivity contribution >= 4 is 0 Å². The lowest BCUT2D eigenvalue weighted by Crippen LogP contribution is -2.43. The summed E-state index contributed by atoms with van der Waals surface area (Å²) in [6.07, 6.45) is 6.95. The molecule has 3 aliphatic rings. The van der Waals surface area contributed by atoms with Crippen LogP contribution in [0, 0.1) is 23.7 Å². The molecule has 0 N–H and O–H groups in total. The van der Waals surface area contributed by atoms with Gasteiger partial charge in [-0.05, 0) is 69.6 Å². The summed E-state index contributed by atoms with van der Waals surface area (Å²) in [6, 6.07) is 0. The minimum absolute atomic E-state index is 0.136. The fourth-order valence-electron chi connectivity index (χ4n) is 4.94. The number of fused-ring (bicyclic) bond motifs is 1. The maximum Gasteiger partial charge on any atom is 0.0749 e. The Bertz CT molecular complexity index is 296. The van der Waals surface area contributed by atoms with Crippen molar-refractivity contribution in [3.63, 3.8) is 0 Å². The van der Waals surface area contributed by atoms with E-state index in [1.165, 1.54) is 32.1 Å². The molecule has 2 aliphatic carbocycles. The lowest BCUT2D eigenvalue weighted by molar-refractivity contribution is -0.145. The molecule has 92 valence electrons. The summed E-state index contributed by atoms with van der Waals surface area (Å²) < 4.78 is 6.65. The number of rotatable bonds is 0. The fraction of sp³-hybridized carbons (Fsp3) is 1.00. The van der Waals surface area contributed by atoms with E-state index < -0.39 is 0 Å². The van der Waals surface area contributed by atoms with E-state index >= 15 is 0 Å². The molecule has 2 bridgehead atoms. The van der Waals surface area contributed by atoms with Gasteiger partial charge in [0.25, 0.3) is 0 Å². The first-order chi connectivity index (χ1) is 7.46. The monoisotopic (exact) mass is 222 g/mol. The zero-order valence-corrected chi connectivity index (χ0v) is 11.3. The van der Waals surface area contributed by atoms with Crippen LogP contribution in [0.5, 0.6) is 0 Å². The largest absolute Gasteiger partial charge is 0.368 e. The van der Waals surface area contributed by atoms with Gasteiger partial charge in [-0.1, -0.05) is 13.8 Å². The minimum atomic E-state index is 0.136. The Hall–Kier alpha value is -0.0400. The van der Waals surface area contributed by atoms with Crippen molar-refractivity contribution in [2.24, 2.45) is 23.7 Å². The van der Waals surface area contributed by atoms with Crippen molar-refractivity contribution in [2.45, 2.75) is 71.0 Å². The van der Waals surface area contributed by atoms with E-state index in [9.17, 15) is 0 Å². The molecule has 0 radical (unpaired) electrons. The molecule has 2 saturated carbocycles. The van der Waals surface area contributed by atoms with Crippen LogP contribution >= 0.6 is 0 Å². The summed E-state index contributed by atoms with van der Waals surface area (Å²) in [5.74, 6) is 3.31. The van der Waals surface area contributed by atoms with E-state index in [4.69, 9.17) is 4.74 Å². The average Bonchev–Trinajstić information content (AvgIpc) is 2.57. The normalized spacial score (nSPS) is 54.8. The van der Waals surface area contributed by atoms with Crippen LogP contribution in [-0.4, -0.2) is 11.2 Å². The zero-order valence-electron chi connectivity index (χ0n) is 11.3. The van der Waals surface area contributed by atoms with Gasteiger partial charge in [-0.2, -0.15) is 0 Å². The lowest BCUT2D eigenvalue weighted by Gasteiger charge is -2.40. The molecule has 3 fully saturated rings. The Morgan fingerprint density at radius 1 is 1.00 bits per heavy atom. The van der Waals surface area contributed by atoms with E-state index in [0.717, 1.165) is 23.7 Å². The first-order valence-corrected chi connectivity index (χ1v) is 7.16. The molecule has 0 unspecified atom stereocenters. The maximum absolute atomic E-state index is 6.65. The van der Waals surface area contributed by atoms with Crippen LogP contribution in [0.4, 0.5) is 0 Å². The van der Waals surface area contributed by atoms with Crippen molar-refractivity contribution in [1.82, 2.24) is 0 Å². The molecule has 1 nitrogen and oxygen atoms in total. The first kappa shape index (κ1) is 11.1. The summed E-state index contributed by atoms with van der Waals surface area (Å²) in [5.41, 5.74) is 0.390. The van der Waals surface area contributed by atoms with Crippen LogP contribution in [0.15, 0.2) is 0 Å². The molecule has 16 heavy (non-hydrogen) atoms. The number of hydrogen-bond acceptors (Lipinski definition) is 1. The standard InChI is InChI=1S/C15H26O/c1-10-5-7-12-9-15(16-14(12,3)4)11(2)6-8-13(10)15/h10-13H,5-9H2,1-4H3/t10-,11+,12-,13+,15+/m0/s1. The fourth-order valence-corrected chi connectivity index (χ4v) is 4.94. The van der Waals surface area contributed by atoms with Crippen molar-refractivity contribution in [3.8, 4) is 0 Å². The summed E-state index contributed by atoms with van der Waals surface area (Å²) in [4.78, 5) is 0. The number of hydrogen-bond donors (Lipinski definition) is 0. The van der Waals surface area contributed by atoms with Gasteiger partial charge in [-0.3, -0.25) is 0 Å². The molecule has 0 amide bonds. The SMILES string of the molecule is C[C@@H]1CC[C@@H]2[C@@H](C)CC[C@H]3C[C@@]12OC3(C)C. The average molecular weight is 222 g/mol. The van der Waals surface area contributed by atoms with Crippen molar-refractivity contribution in [1.29, 1.82) is 0 Å². The highest BCUT2D eigenvalue weighted by Gasteiger charge is 2.61. The maximum atomic E-state index is 6.65. The van der Waals surface area contributed by atoms with E-state index in [1.807, 2.05) is 0 Å². The molecule has 1 heterocycles. The highest BCUT2D eigenvalue weighted by molar-refractivity contribution is 5.10. The summed E-state index contributed by atoms with van der Waals surface area (Å²) in [7, 11) is 0. The van der Waals surface area contributed by atoms with E-state index in [1.54, 1.807) is 0 Å². The molecular weight excluding hydrogens is 196 g/mol. The van der Waals surface area contributed by atoms with Gasteiger partial charge in [-0.15, -0.1) is 0 Å². The summed E-state index contributed by atoms with van der Waals surface area (Å²) in [5, 5.41) is 0. The zero-order chi connectivity index (χ0) is 11.6. The first-order valence-electron chi connectivity index (χ1n) is 7.16. The molecular formula is C15H26O. The predicted molar refractivity (Wildman–Crippen MR) is 66.3 cm³/mol. The van der Waals surface area contributed by atoms with Crippen molar-refractivity contribution in [3.05, 3.63) is 0 Å². The Kier molecular flexibility index (Phi) is 2.25. The number of ether oxygens (including phenoxy) is 1. The smallest absolute Gasteiger partial charge is 0.0749 e. The Balaban J connectivity index is 2.01. The topological polar surface area (TPSA) is 9.23 Å². The molecule has 1 aliphatic heterocycles. The second-order valence-electron chi connectivity index (χ2n) is 7.20. The Morgan fingerprint density at radius 2 is 1.75 bits per heavy atom. The van der Waals surface area contributed by atoms with Gasteiger partial charge in [0.1, 0.15) is 0 Å². The van der Waals surface area contributed by atoms with Gasteiger partial charge < -0.3 is 4.74 Å². The van der Waals surface area contributed by atoms with Gasteiger partial charge in [0, 0.05) is 0 Å². The van der Waals surface area contributed by atoms with E-state index in [0.29, 0.717) is 0 Å². The third-order valence-electron chi connectivity index (χ3n) is 6.03. The lowest BCUT2D eigenvalue weighted by atomic mass is 9.77. The van der Waals surface area contributed by atoms with Crippen LogP contribution in [0.1, 0.15) is 59.8 Å². The van der Waals surface area contributed by atoms with Crippen LogP contribution in [-0.2, 0) is 4.74 Å². The van der Waals surface area contributed by atoms with Gasteiger partial charge in [0.2, 0.25) is 0 Å². The molecule has 0 aromatic heterocycles. The Morgan fingerprint density at radius 3 is 2.50 bits per heavy atom. The summed E-state index contributed by atoms with van der Waals surface area (Å²) in [6.45, 7) is 9.53. The second-order valence-corrected chi connectivity index (χ2v) is 7.20. The van der Waals surface area contributed by atoms with Crippen LogP contribution in [0.25, 0.3) is 0 Å². The highest BCUT2D eigenvalue weighted by Crippen LogP contribution is 2.61. The summed E-state index contributed by atoms with van der Waals surface area (Å²) >= 11 is 0. The molecule has 1 saturated heterocycles. The highest BCUT2D eigenvalue weighted by atomic mass is 16.5. The second kappa shape index (κ2) is 3.25. The van der Waals surface area contributed by atoms with Crippen LogP contribution in [0.2, 0.25) is 0 Å². The third-order valence-corrected chi connectivity index (χ3v) is 6.03. The quantitative estimate of drug-likeness (QED) is 0.601. The van der Waals surface area contributed by atoms with Gasteiger partial charge in [-0.25, -0.2) is 0 Å². The molecule has 1 spiro atoms. The van der Waals surface area contributed by atoms with Crippen molar-refractivity contribution < 1.29 is 4.74 Å². The molecule has 3 rings (SSSR count). The van der Waals surface area contributed by atoms with Crippen LogP contribution < -0.4 is 0 Å². The van der Waals surface area contributed by atoms with E-state index in [2.05, 4.69) is 27.7 Å². The Labute approximate surface area is 99.9 Å². The van der Waals surface area contributed by atoms with Gasteiger partial charge >= 0.3 is 0 Å².